The minimum atomic E-state index is -0.175. The summed E-state index contributed by atoms with van der Waals surface area (Å²) in [6.45, 7) is 4.06. The number of hydrogen-bond donors (Lipinski definition) is 1. The van der Waals surface area contributed by atoms with Crippen molar-refractivity contribution in [1.82, 2.24) is 9.88 Å². The second kappa shape index (κ2) is 11.2. The Morgan fingerprint density at radius 1 is 0.914 bits per heavy atom. The van der Waals surface area contributed by atoms with E-state index >= 15 is 0 Å². The molecule has 0 bridgehead atoms. The van der Waals surface area contributed by atoms with Crippen molar-refractivity contribution in [2.75, 3.05) is 31.6 Å². The van der Waals surface area contributed by atoms with Gasteiger partial charge in [-0.1, -0.05) is 102 Å². The van der Waals surface area contributed by atoms with Crippen molar-refractivity contribution in [3.63, 3.8) is 0 Å². The molecular weight excluding hydrogens is 454 g/mol. The van der Waals surface area contributed by atoms with Crippen LogP contribution in [-0.2, 0) is 16.1 Å². The average Bonchev–Trinajstić information content (AvgIpc) is 3.31. The number of nitrogens with one attached hydrogen (secondary N) is 1. The molecule has 1 fully saturated rings. The van der Waals surface area contributed by atoms with Crippen LogP contribution in [0.3, 0.4) is 0 Å². The number of benzene rings is 3. The molecule has 3 aromatic carbocycles. The van der Waals surface area contributed by atoms with Gasteiger partial charge in [0.2, 0.25) is 0 Å². The van der Waals surface area contributed by atoms with Crippen LogP contribution in [-0.4, -0.2) is 42.1 Å². The largest absolute Gasteiger partial charge is 0.379 e. The lowest BCUT2D eigenvalue weighted by Gasteiger charge is -2.26. The maximum Gasteiger partial charge on any atom is 0.258 e. The summed E-state index contributed by atoms with van der Waals surface area (Å²) in [5.74, 6) is -0.175. The molecule has 0 unspecified atom stereocenters. The zero-order valence-electron chi connectivity index (χ0n) is 19.4. The van der Waals surface area contributed by atoms with Crippen LogP contribution in [0.25, 0.3) is 22.9 Å². The molecule has 176 valence electrons. The van der Waals surface area contributed by atoms with Crippen molar-refractivity contribution in [3.8, 4) is 11.3 Å². The smallest absolute Gasteiger partial charge is 0.258 e. The van der Waals surface area contributed by atoms with E-state index < -0.39 is 0 Å². The molecule has 0 aliphatic carbocycles. The number of aromatic nitrogens is 1. The lowest BCUT2D eigenvalue weighted by molar-refractivity contribution is -0.111. The molecule has 0 spiro atoms. The highest BCUT2D eigenvalue weighted by Crippen LogP contribution is 2.33. The molecule has 1 aromatic heterocycles. The van der Waals surface area contributed by atoms with Crippen molar-refractivity contribution in [2.24, 2.45) is 0 Å². The van der Waals surface area contributed by atoms with Gasteiger partial charge in [0.15, 0.2) is 5.13 Å². The van der Waals surface area contributed by atoms with Gasteiger partial charge in [0.05, 0.1) is 18.9 Å². The van der Waals surface area contributed by atoms with Gasteiger partial charge in [-0.3, -0.25) is 15.0 Å². The first-order chi connectivity index (χ1) is 17.3. The second-order valence-corrected chi connectivity index (χ2v) is 9.42. The topological polar surface area (TPSA) is 54.5 Å². The fourth-order valence-electron chi connectivity index (χ4n) is 4.07. The molecule has 1 amide bonds. The molecule has 5 rings (SSSR count). The Labute approximate surface area is 209 Å². The predicted molar refractivity (Wildman–Crippen MR) is 143 cm³/mol. The third kappa shape index (κ3) is 5.92. The molecule has 0 atom stereocenters. The third-order valence-electron chi connectivity index (χ3n) is 5.88. The van der Waals surface area contributed by atoms with Crippen molar-refractivity contribution in [3.05, 3.63) is 107 Å². The average molecular weight is 482 g/mol. The Bertz CT molecular complexity index is 1280. The molecular formula is C29H27N3O2S. The van der Waals surface area contributed by atoms with E-state index in [0.29, 0.717) is 10.7 Å². The fraction of sp³-hybridized carbons (Fsp3) is 0.172. The normalized spacial score (nSPS) is 14.6. The van der Waals surface area contributed by atoms with E-state index in [1.165, 1.54) is 0 Å². The molecule has 0 saturated carbocycles. The van der Waals surface area contributed by atoms with E-state index in [4.69, 9.17) is 9.72 Å². The van der Waals surface area contributed by atoms with Gasteiger partial charge in [-0.05, 0) is 17.2 Å². The number of carbonyl (C=O) groups excluding carboxylic acids is 1. The summed E-state index contributed by atoms with van der Waals surface area (Å²) in [7, 11) is 0. The van der Waals surface area contributed by atoms with E-state index in [1.54, 1.807) is 11.3 Å². The van der Waals surface area contributed by atoms with Gasteiger partial charge in [-0.15, -0.1) is 0 Å². The van der Waals surface area contributed by atoms with Gasteiger partial charge in [0.25, 0.3) is 5.91 Å². The first kappa shape index (κ1) is 23.2. The summed E-state index contributed by atoms with van der Waals surface area (Å²) in [6.07, 6.45) is 1.92. The Morgan fingerprint density at radius 2 is 1.54 bits per heavy atom. The highest BCUT2D eigenvalue weighted by molar-refractivity contribution is 7.16. The lowest BCUT2D eigenvalue weighted by Crippen LogP contribution is -2.35. The van der Waals surface area contributed by atoms with E-state index in [2.05, 4.69) is 22.3 Å². The highest BCUT2D eigenvalue weighted by atomic mass is 32.1. The fourth-order valence-corrected chi connectivity index (χ4v) is 5.10. The molecule has 1 aliphatic rings. The van der Waals surface area contributed by atoms with E-state index in [1.807, 2.05) is 84.9 Å². The summed E-state index contributed by atoms with van der Waals surface area (Å²) < 4.78 is 5.51. The molecule has 1 saturated heterocycles. The standard InChI is InChI=1S/C29H27N3O2S/c33-28(25(23-12-6-2-7-13-23)20-22-10-4-1-5-11-22)31-29-30-27(24-14-8-3-9-15-24)26(35-29)21-32-16-18-34-19-17-32/h1-15,20H,16-19,21H2,(H,30,31,33)/b25-20-. The van der Waals surface area contributed by atoms with Crippen LogP contribution in [0.2, 0.25) is 0 Å². The lowest BCUT2D eigenvalue weighted by atomic mass is 10.0. The zero-order valence-corrected chi connectivity index (χ0v) is 20.2. The molecule has 4 aromatic rings. The van der Waals surface area contributed by atoms with Crippen LogP contribution in [0.4, 0.5) is 5.13 Å². The van der Waals surface area contributed by atoms with Gasteiger partial charge < -0.3 is 4.74 Å². The quantitative estimate of drug-likeness (QED) is 0.267. The Hall–Kier alpha value is -3.58. The minimum Gasteiger partial charge on any atom is -0.379 e. The van der Waals surface area contributed by atoms with Gasteiger partial charge in [-0.2, -0.15) is 0 Å². The number of hydrogen-bond acceptors (Lipinski definition) is 5. The number of amides is 1. The number of rotatable bonds is 7. The van der Waals surface area contributed by atoms with Crippen LogP contribution in [0.5, 0.6) is 0 Å². The van der Waals surface area contributed by atoms with Gasteiger partial charge in [0.1, 0.15) is 0 Å². The van der Waals surface area contributed by atoms with E-state index in [-0.39, 0.29) is 5.91 Å². The second-order valence-electron chi connectivity index (χ2n) is 8.33. The molecule has 5 nitrogen and oxygen atoms in total. The number of morpholine rings is 1. The number of anilines is 1. The molecule has 1 N–H and O–H groups in total. The van der Waals surface area contributed by atoms with Crippen molar-refractivity contribution in [1.29, 1.82) is 0 Å². The Morgan fingerprint density at radius 3 is 2.23 bits per heavy atom. The van der Waals surface area contributed by atoms with Gasteiger partial charge >= 0.3 is 0 Å². The predicted octanol–water partition coefficient (Wildman–Crippen LogP) is 5.82. The molecule has 35 heavy (non-hydrogen) atoms. The molecule has 6 heteroatoms. The summed E-state index contributed by atoms with van der Waals surface area (Å²) in [4.78, 5) is 21.9. The summed E-state index contributed by atoms with van der Waals surface area (Å²) in [5, 5.41) is 3.69. The van der Waals surface area contributed by atoms with E-state index in [9.17, 15) is 4.79 Å². The first-order valence-corrected chi connectivity index (χ1v) is 12.6. The van der Waals surface area contributed by atoms with Crippen LogP contribution in [0, 0.1) is 0 Å². The summed E-state index contributed by atoms with van der Waals surface area (Å²) in [6, 6.07) is 29.8. The van der Waals surface area contributed by atoms with Crippen LogP contribution in [0.1, 0.15) is 16.0 Å². The highest BCUT2D eigenvalue weighted by Gasteiger charge is 2.20. The van der Waals surface area contributed by atoms with Gasteiger partial charge in [0, 0.05) is 35.6 Å². The summed E-state index contributed by atoms with van der Waals surface area (Å²) >= 11 is 1.54. The number of nitrogens with zero attached hydrogens (tertiary/aromatic N) is 2. The van der Waals surface area contributed by atoms with E-state index in [0.717, 1.165) is 60.1 Å². The van der Waals surface area contributed by atoms with Crippen molar-refractivity contribution in [2.45, 2.75) is 6.54 Å². The molecule has 2 heterocycles. The monoisotopic (exact) mass is 481 g/mol. The number of ether oxygens (including phenoxy) is 1. The SMILES string of the molecule is O=C(Nc1nc(-c2ccccc2)c(CN2CCOCC2)s1)/C(=C\c1ccccc1)c1ccccc1. The van der Waals surface area contributed by atoms with Gasteiger partial charge in [-0.25, -0.2) is 4.98 Å². The van der Waals surface area contributed by atoms with Crippen molar-refractivity contribution >= 4 is 34.0 Å². The Balaban J connectivity index is 1.45. The maximum atomic E-state index is 13.5. The van der Waals surface area contributed by atoms with Crippen molar-refractivity contribution < 1.29 is 9.53 Å². The maximum absolute atomic E-state index is 13.5. The van der Waals surface area contributed by atoms with Crippen LogP contribution in [0.15, 0.2) is 91.0 Å². The van der Waals surface area contributed by atoms with Crippen LogP contribution < -0.4 is 5.32 Å². The Kier molecular flexibility index (Phi) is 7.44. The minimum absolute atomic E-state index is 0.175. The zero-order chi connectivity index (χ0) is 23.9. The third-order valence-corrected chi connectivity index (χ3v) is 6.83. The molecule has 0 radical (unpaired) electrons. The first-order valence-electron chi connectivity index (χ1n) is 11.7. The molecule has 1 aliphatic heterocycles. The van der Waals surface area contributed by atoms with Crippen LogP contribution >= 0.6 is 11.3 Å². The summed E-state index contributed by atoms with van der Waals surface area (Å²) in [5.41, 5.74) is 4.41. The number of carbonyl (C=O) groups is 1. The number of thiazole rings is 1.